The minimum atomic E-state index is -0.113. The summed E-state index contributed by atoms with van der Waals surface area (Å²) in [6.45, 7) is 0. The van der Waals surface area contributed by atoms with Crippen LogP contribution >= 0.6 is 23.2 Å². The number of nitrogens with two attached hydrogens (primary N) is 2. The molecule has 0 amide bonds. The van der Waals surface area contributed by atoms with Crippen LogP contribution in [-0.4, -0.2) is 15.9 Å². The lowest BCUT2D eigenvalue weighted by Gasteiger charge is -2.09. The second-order valence-electron chi connectivity index (χ2n) is 4.71. The second kappa shape index (κ2) is 6.28. The first-order chi connectivity index (χ1) is 11.0. The van der Waals surface area contributed by atoms with E-state index < -0.39 is 0 Å². The first-order valence-electron chi connectivity index (χ1n) is 6.61. The molecule has 0 aliphatic rings. The molecule has 0 atom stereocenters. The van der Waals surface area contributed by atoms with Crippen LogP contribution < -0.4 is 16.9 Å². The third-order valence-electron chi connectivity index (χ3n) is 3.06. The number of rotatable bonds is 3. The zero-order valence-corrected chi connectivity index (χ0v) is 13.3. The molecule has 0 aliphatic heterocycles. The largest absolute Gasteiger partial charge is 0.369 e. The number of halogens is 2. The molecule has 23 heavy (non-hydrogen) atoms. The van der Waals surface area contributed by atoms with Crippen LogP contribution in [0, 0.1) is 0 Å². The molecule has 5 N–H and O–H groups in total. The maximum absolute atomic E-state index is 6.10. The third-order valence-corrected chi connectivity index (χ3v) is 3.55. The molecule has 2 aromatic carbocycles. The van der Waals surface area contributed by atoms with Gasteiger partial charge >= 0.3 is 0 Å². The number of benzene rings is 2. The van der Waals surface area contributed by atoms with Gasteiger partial charge in [0.2, 0.25) is 11.9 Å². The summed E-state index contributed by atoms with van der Waals surface area (Å²) in [6.07, 6.45) is 0. The van der Waals surface area contributed by atoms with Gasteiger partial charge in [0.05, 0.1) is 11.2 Å². The average Bonchev–Trinajstić information content (AvgIpc) is 2.53. The third kappa shape index (κ3) is 3.44. The average molecular weight is 347 g/mol. The Kier molecular flexibility index (Phi) is 4.18. The number of hydrazone groups is 1. The summed E-state index contributed by atoms with van der Waals surface area (Å²) >= 11 is 12.0. The van der Waals surface area contributed by atoms with E-state index in [4.69, 9.17) is 34.7 Å². The Morgan fingerprint density at radius 2 is 1.65 bits per heavy atom. The molecule has 0 radical (unpaired) electrons. The van der Waals surface area contributed by atoms with Crippen LogP contribution in [-0.2, 0) is 0 Å². The molecule has 116 valence electrons. The van der Waals surface area contributed by atoms with E-state index in [-0.39, 0.29) is 11.9 Å². The maximum atomic E-state index is 6.10. The lowest BCUT2D eigenvalue weighted by Crippen LogP contribution is -2.24. The molecule has 0 unspecified atom stereocenters. The summed E-state index contributed by atoms with van der Waals surface area (Å²) in [5.41, 5.74) is 15.5. The number of hydrogen-bond acceptors (Lipinski definition) is 4. The van der Waals surface area contributed by atoms with Crippen molar-refractivity contribution in [3.05, 3.63) is 52.5 Å². The quantitative estimate of drug-likeness (QED) is 0.384. The Morgan fingerprint density at radius 1 is 0.957 bits per heavy atom. The molecule has 0 aliphatic carbocycles. The van der Waals surface area contributed by atoms with Crippen molar-refractivity contribution >= 4 is 46.0 Å². The van der Waals surface area contributed by atoms with E-state index in [1.54, 1.807) is 24.3 Å². The summed E-state index contributed by atoms with van der Waals surface area (Å²) in [5.74, 6) is 0.163. The normalized spacial score (nSPS) is 10.5. The van der Waals surface area contributed by atoms with Crippen molar-refractivity contribution in [2.45, 2.75) is 0 Å². The number of anilines is 1. The summed E-state index contributed by atoms with van der Waals surface area (Å²) in [7, 11) is 0. The summed E-state index contributed by atoms with van der Waals surface area (Å²) in [4.78, 5) is 8.84. The van der Waals surface area contributed by atoms with Gasteiger partial charge in [0.1, 0.15) is 0 Å². The van der Waals surface area contributed by atoms with Gasteiger partial charge in [-0.2, -0.15) is 0 Å². The topological polar surface area (TPSA) is 102 Å². The van der Waals surface area contributed by atoms with Crippen molar-refractivity contribution in [3.63, 3.8) is 0 Å². The number of aromatic nitrogens is 2. The predicted molar refractivity (Wildman–Crippen MR) is 94.4 cm³/mol. The van der Waals surface area contributed by atoms with Crippen molar-refractivity contribution in [3.8, 4) is 11.3 Å². The van der Waals surface area contributed by atoms with Crippen LogP contribution in [0.4, 0.5) is 5.95 Å². The fourth-order valence-electron chi connectivity index (χ4n) is 2.09. The predicted octanol–water partition coefficient (Wildman–Crippen LogP) is 3.20. The van der Waals surface area contributed by atoms with E-state index in [1.807, 2.05) is 18.2 Å². The van der Waals surface area contributed by atoms with Gasteiger partial charge in [-0.25, -0.2) is 15.4 Å². The van der Waals surface area contributed by atoms with Gasteiger partial charge < -0.3 is 11.5 Å². The van der Waals surface area contributed by atoms with Crippen molar-refractivity contribution in [2.24, 2.45) is 16.6 Å². The molecule has 1 aromatic heterocycles. The molecule has 3 aromatic rings. The Bertz CT molecular complexity index is 888. The number of guanidine groups is 1. The zero-order chi connectivity index (χ0) is 16.4. The van der Waals surface area contributed by atoms with Gasteiger partial charge in [-0.15, -0.1) is 5.10 Å². The summed E-state index contributed by atoms with van der Waals surface area (Å²) in [5, 5.41) is 5.77. The lowest BCUT2D eigenvalue weighted by molar-refractivity contribution is 1.14. The van der Waals surface area contributed by atoms with Crippen LogP contribution in [0.1, 0.15) is 0 Å². The van der Waals surface area contributed by atoms with E-state index in [0.29, 0.717) is 21.3 Å². The van der Waals surface area contributed by atoms with Crippen molar-refractivity contribution in [1.82, 2.24) is 9.97 Å². The van der Waals surface area contributed by atoms with E-state index >= 15 is 0 Å². The standard InChI is InChI=1S/C15H12Cl2N6/c16-9-3-1-8(2-4-9)13-11-7-10(17)5-6-12(11)20-15(21-13)23-22-14(18)19/h1-7H,(H4,18,19,22)(H,20,21,23). The molecule has 0 saturated carbocycles. The molecule has 0 spiro atoms. The fourth-order valence-corrected chi connectivity index (χ4v) is 2.39. The van der Waals surface area contributed by atoms with Gasteiger partial charge in [0.15, 0.2) is 0 Å². The van der Waals surface area contributed by atoms with E-state index in [2.05, 4.69) is 20.5 Å². The second-order valence-corrected chi connectivity index (χ2v) is 5.59. The Morgan fingerprint density at radius 3 is 2.35 bits per heavy atom. The van der Waals surface area contributed by atoms with Gasteiger partial charge in [-0.3, -0.25) is 0 Å². The highest BCUT2D eigenvalue weighted by Gasteiger charge is 2.10. The molecular formula is C15H12Cl2N6. The van der Waals surface area contributed by atoms with Crippen LogP contribution in [0.2, 0.25) is 10.0 Å². The molecule has 6 nitrogen and oxygen atoms in total. The van der Waals surface area contributed by atoms with Crippen LogP contribution in [0.25, 0.3) is 22.2 Å². The van der Waals surface area contributed by atoms with Crippen molar-refractivity contribution < 1.29 is 0 Å². The zero-order valence-electron chi connectivity index (χ0n) is 11.8. The van der Waals surface area contributed by atoms with Gasteiger partial charge in [0.25, 0.3) is 0 Å². The van der Waals surface area contributed by atoms with E-state index in [0.717, 1.165) is 10.9 Å². The molecule has 3 rings (SSSR count). The lowest BCUT2D eigenvalue weighted by atomic mass is 10.1. The summed E-state index contributed by atoms with van der Waals surface area (Å²) < 4.78 is 0. The first kappa shape index (κ1) is 15.3. The molecule has 0 saturated heterocycles. The maximum Gasteiger partial charge on any atom is 0.244 e. The molecule has 0 bridgehead atoms. The first-order valence-corrected chi connectivity index (χ1v) is 7.36. The van der Waals surface area contributed by atoms with Crippen molar-refractivity contribution in [2.75, 3.05) is 5.43 Å². The van der Waals surface area contributed by atoms with E-state index in [9.17, 15) is 0 Å². The number of nitrogens with zero attached hydrogens (tertiary/aromatic N) is 3. The fraction of sp³-hybridized carbons (Fsp3) is 0. The van der Waals surface area contributed by atoms with E-state index in [1.165, 1.54) is 0 Å². The SMILES string of the molecule is NC(N)=NNc1nc(-c2ccc(Cl)cc2)c2cc(Cl)ccc2n1. The molecule has 1 heterocycles. The van der Waals surface area contributed by atoms with Gasteiger partial charge in [-0.05, 0) is 30.3 Å². The Hall–Kier alpha value is -2.57. The highest BCUT2D eigenvalue weighted by molar-refractivity contribution is 6.31. The molecular weight excluding hydrogens is 335 g/mol. The molecule has 0 fully saturated rings. The minimum absolute atomic E-state index is 0.113. The van der Waals surface area contributed by atoms with Gasteiger partial charge in [0, 0.05) is 21.0 Å². The highest BCUT2D eigenvalue weighted by Crippen LogP contribution is 2.30. The Labute approximate surface area is 142 Å². The van der Waals surface area contributed by atoms with Crippen LogP contribution in [0.5, 0.6) is 0 Å². The minimum Gasteiger partial charge on any atom is -0.369 e. The smallest absolute Gasteiger partial charge is 0.244 e. The van der Waals surface area contributed by atoms with Crippen LogP contribution in [0.15, 0.2) is 47.6 Å². The highest BCUT2D eigenvalue weighted by atomic mass is 35.5. The van der Waals surface area contributed by atoms with Crippen molar-refractivity contribution in [1.29, 1.82) is 0 Å². The summed E-state index contributed by atoms with van der Waals surface area (Å²) in [6, 6.07) is 12.7. The molecule has 8 heteroatoms. The Balaban J connectivity index is 2.21. The monoisotopic (exact) mass is 346 g/mol. The van der Waals surface area contributed by atoms with Crippen LogP contribution in [0.3, 0.4) is 0 Å². The number of hydrogen-bond donors (Lipinski definition) is 3. The number of fused-ring (bicyclic) bond motifs is 1. The number of nitrogens with one attached hydrogen (secondary N) is 1. The van der Waals surface area contributed by atoms with Gasteiger partial charge in [-0.1, -0.05) is 35.3 Å².